The Morgan fingerprint density at radius 3 is 1.92 bits per heavy atom. The fourth-order valence-electron chi connectivity index (χ4n) is 0.740. The van der Waals surface area contributed by atoms with Gasteiger partial charge in [-0.05, 0) is 17.3 Å². The summed E-state index contributed by atoms with van der Waals surface area (Å²) in [6.45, 7) is 17.4. The zero-order valence-electron chi connectivity index (χ0n) is 10.0. The van der Waals surface area contributed by atoms with Crippen molar-refractivity contribution in [2.75, 3.05) is 0 Å². The highest BCUT2D eigenvalue weighted by atomic mass is 14.2. The van der Waals surface area contributed by atoms with E-state index in [0.717, 1.165) is 0 Å². The maximum Gasteiger partial charge on any atom is -0.0138 e. The van der Waals surface area contributed by atoms with E-state index >= 15 is 0 Å². The van der Waals surface area contributed by atoms with Crippen molar-refractivity contribution in [3.8, 4) is 0 Å². The summed E-state index contributed by atoms with van der Waals surface area (Å²) in [5.41, 5.74) is 1.41. The van der Waals surface area contributed by atoms with E-state index in [4.69, 9.17) is 0 Å². The molecule has 0 radical (unpaired) electrons. The molecule has 0 heterocycles. The van der Waals surface area contributed by atoms with Crippen molar-refractivity contribution in [1.29, 1.82) is 0 Å². The number of hydrogen-bond donors (Lipinski definition) is 0. The third kappa shape index (κ3) is 4.92. The fourth-order valence-corrected chi connectivity index (χ4v) is 0.740. The molecular formula is C13H24. The molecule has 76 valence electrons. The van der Waals surface area contributed by atoms with E-state index < -0.39 is 0 Å². The van der Waals surface area contributed by atoms with Gasteiger partial charge in [0, 0.05) is 0 Å². The lowest BCUT2D eigenvalue weighted by Crippen LogP contribution is -2.07. The lowest BCUT2D eigenvalue weighted by atomic mass is 9.86. The van der Waals surface area contributed by atoms with Crippen molar-refractivity contribution in [2.45, 2.75) is 41.5 Å². The number of rotatable bonds is 3. The molecule has 1 atom stereocenters. The van der Waals surface area contributed by atoms with Crippen LogP contribution in [0.2, 0.25) is 0 Å². The number of allylic oxidation sites excluding steroid dienone is 3. The smallest absolute Gasteiger partial charge is 0.0138 e. The van der Waals surface area contributed by atoms with Crippen molar-refractivity contribution >= 4 is 0 Å². The molecule has 0 nitrogen and oxygen atoms in total. The predicted molar refractivity (Wildman–Crippen MR) is 61.7 cm³/mol. The lowest BCUT2D eigenvalue weighted by Gasteiger charge is -2.19. The van der Waals surface area contributed by atoms with Crippen LogP contribution in [0.1, 0.15) is 41.5 Å². The predicted octanol–water partition coefficient (Wildman–Crippen LogP) is 4.44. The second-order valence-corrected chi connectivity index (χ2v) is 5.24. The van der Waals surface area contributed by atoms with Gasteiger partial charge in [-0.15, -0.1) is 0 Å². The molecule has 0 rings (SSSR count). The van der Waals surface area contributed by atoms with Gasteiger partial charge in [-0.25, -0.2) is 0 Å². The molecule has 0 aliphatic carbocycles. The van der Waals surface area contributed by atoms with Crippen molar-refractivity contribution in [3.63, 3.8) is 0 Å². The van der Waals surface area contributed by atoms with Gasteiger partial charge >= 0.3 is 0 Å². The summed E-state index contributed by atoms with van der Waals surface area (Å²) in [7, 11) is 0. The second kappa shape index (κ2) is 4.64. The summed E-state index contributed by atoms with van der Waals surface area (Å²) in [5, 5.41) is 0. The molecule has 0 bridgehead atoms. The minimum absolute atomic E-state index is 0.202. The molecule has 0 amide bonds. The standard InChI is InChI=1S/C13H24/c1-10(2)11(3)8-9-12(4)13(5,6)7/h8-11H,4H2,1-3,5-7H3. The van der Waals surface area contributed by atoms with Gasteiger partial charge in [0.25, 0.3) is 0 Å². The SMILES string of the molecule is C=C(C=CC(C)C(C)C)C(C)(C)C. The van der Waals surface area contributed by atoms with Gasteiger partial charge in [0.15, 0.2) is 0 Å². The van der Waals surface area contributed by atoms with Crippen molar-refractivity contribution in [3.05, 3.63) is 24.3 Å². The Bertz CT molecular complexity index is 189. The van der Waals surface area contributed by atoms with Crippen LogP contribution in [-0.2, 0) is 0 Å². The molecule has 0 saturated carbocycles. The van der Waals surface area contributed by atoms with Crippen LogP contribution in [0.3, 0.4) is 0 Å². The maximum absolute atomic E-state index is 4.07. The third-order valence-electron chi connectivity index (χ3n) is 2.62. The van der Waals surface area contributed by atoms with Gasteiger partial charge < -0.3 is 0 Å². The molecule has 0 aromatic heterocycles. The highest BCUT2D eigenvalue weighted by Gasteiger charge is 2.12. The van der Waals surface area contributed by atoms with E-state index in [1.807, 2.05) is 0 Å². The van der Waals surface area contributed by atoms with Crippen LogP contribution in [0.15, 0.2) is 24.3 Å². The normalized spacial score (nSPS) is 15.3. The minimum atomic E-state index is 0.202. The molecule has 0 heteroatoms. The zero-order valence-corrected chi connectivity index (χ0v) is 10.0. The highest BCUT2D eigenvalue weighted by molar-refractivity contribution is 5.21. The minimum Gasteiger partial charge on any atom is -0.0953 e. The Labute approximate surface area is 83.7 Å². The first-order chi connectivity index (χ1) is 5.75. The summed E-state index contributed by atoms with van der Waals surface area (Å²) in [6.07, 6.45) is 4.43. The van der Waals surface area contributed by atoms with Crippen LogP contribution in [0.5, 0.6) is 0 Å². The van der Waals surface area contributed by atoms with E-state index in [1.54, 1.807) is 0 Å². The van der Waals surface area contributed by atoms with Crippen molar-refractivity contribution in [1.82, 2.24) is 0 Å². The third-order valence-corrected chi connectivity index (χ3v) is 2.62. The first kappa shape index (κ1) is 12.5. The summed E-state index contributed by atoms with van der Waals surface area (Å²) in [5.74, 6) is 1.35. The molecule has 0 aliphatic rings. The summed E-state index contributed by atoms with van der Waals surface area (Å²) in [4.78, 5) is 0. The Morgan fingerprint density at radius 1 is 1.15 bits per heavy atom. The molecule has 1 unspecified atom stereocenters. The largest absolute Gasteiger partial charge is 0.0953 e. The van der Waals surface area contributed by atoms with Gasteiger partial charge in [0.2, 0.25) is 0 Å². The van der Waals surface area contributed by atoms with E-state index in [-0.39, 0.29) is 5.41 Å². The van der Waals surface area contributed by atoms with Gasteiger partial charge in [-0.2, -0.15) is 0 Å². The Morgan fingerprint density at radius 2 is 1.62 bits per heavy atom. The van der Waals surface area contributed by atoms with Gasteiger partial charge in [0.05, 0.1) is 0 Å². The van der Waals surface area contributed by atoms with Crippen molar-refractivity contribution < 1.29 is 0 Å². The molecule has 0 fully saturated rings. The first-order valence-electron chi connectivity index (χ1n) is 5.12. The quantitative estimate of drug-likeness (QED) is 0.563. The molecule has 0 aromatic carbocycles. The Balaban J connectivity index is 4.21. The van der Waals surface area contributed by atoms with E-state index in [2.05, 4.69) is 60.3 Å². The Kier molecular flexibility index (Phi) is 4.46. The molecule has 13 heavy (non-hydrogen) atoms. The zero-order chi connectivity index (χ0) is 10.6. The summed E-state index contributed by atoms with van der Waals surface area (Å²) in [6, 6.07) is 0. The highest BCUT2D eigenvalue weighted by Crippen LogP contribution is 2.25. The van der Waals surface area contributed by atoms with Crippen LogP contribution in [0, 0.1) is 17.3 Å². The topological polar surface area (TPSA) is 0 Å². The van der Waals surface area contributed by atoms with Crippen LogP contribution in [0.25, 0.3) is 0 Å². The Hall–Kier alpha value is -0.520. The molecule has 0 spiro atoms. The summed E-state index contributed by atoms with van der Waals surface area (Å²) < 4.78 is 0. The van der Waals surface area contributed by atoms with Gasteiger partial charge in [0.1, 0.15) is 0 Å². The van der Waals surface area contributed by atoms with Gasteiger partial charge in [-0.1, -0.05) is 65.8 Å². The van der Waals surface area contributed by atoms with Crippen LogP contribution >= 0.6 is 0 Å². The molecular weight excluding hydrogens is 156 g/mol. The molecule has 0 saturated heterocycles. The molecule has 0 N–H and O–H groups in total. The number of hydrogen-bond acceptors (Lipinski definition) is 0. The van der Waals surface area contributed by atoms with E-state index in [1.165, 1.54) is 5.57 Å². The van der Waals surface area contributed by atoms with Crippen LogP contribution in [-0.4, -0.2) is 0 Å². The van der Waals surface area contributed by atoms with Crippen LogP contribution in [0.4, 0.5) is 0 Å². The lowest BCUT2D eigenvalue weighted by molar-refractivity contribution is 0.496. The van der Waals surface area contributed by atoms with Crippen molar-refractivity contribution in [2.24, 2.45) is 17.3 Å². The van der Waals surface area contributed by atoms with E-state index in [0.29, 0.717) is 11.8 Å². The second-order valence-electron chi connectivity index (χ2n) is 5.24. The molecule has 0 aromatic rings. The monoisotopic (exact) mass is 180 g/mol. The fraction of sp³-hybridized carbons (Fsp3) is 0.692. The maximum atomic E-state index is 4.07. The van der Waals surface area contributed by atoms with Crippen LogP contribution < -0.4 is 0 Å². The average Bonchev–Trinajstić information content (AvgIpc) is 1.97. The summed E-state index contributed by atoms with van der Waals surface area (Å²) >= 11 is 0. The van der Waals surface area contributed by atoms with Gasteiger partial charge in [-0.3, -0.25) is 0 Å². The first-order valence-corrected chi connectivity index (χ1v) is 5.12. The average molecular weight is 180 g/mol. The molecule has 0 aliphatic heterocycles. The van der Waals surface area contributed by atoms with E-state index in [9.17, 15) is 0 Å².